The number of nitrogens with zero attached hydrogens (tertiary/aromatic N) is 4. The van der Waals surface area contributed by atoms with Gasteiger partial charge in [0.25, 0.3) is 0 Å². The smallest absolute Gasteiger partial charge is 0.228 e. The van der Waals surface area contributed by atoms with E-state index < -0.39 is 0 Å². The predicted octanol–water partition coefficient (Wildman–Crippen LogP) is 5.47. The van der Waals surface area contributed by atoms with Gasteiger partial charge in [-0.25, -0.2) is 4.98 Å². The van der Waals surface area contributed by atoms with E-state index >= 15 is 0 Å². The molecule has 1 unspecified atom stereocenters. The number of para-hydroxylation sites is 1. The van der Waals surface area contributed by atoms with Crippen molar-refractivity contribution in [2.24, 2.45) is 0 Å². The molecule has 3 aromatic rings. The van der Waals surface area contributed by atoms with Crippen LogP contribution < -0.4 is 9.80 Å². The molecule has 1 aliphatic heterocycles. The van der Waals surface area contributed by atoms with E-state index in [4.69, 9.17) is 9.97 Å². The Morgan fingerprint density at radius 3 is 2.59 bits per heavy atom. The topological polar surface area (TPSA) is 32.3 Å². The summed E-state index contributed by atoms with van der Waals surface area (Å²) in [5.41, 5.74) is 4.77. The second-order valence-corrected chi connectivity index (χ2v) is 7.83. The summed E-state index contributed by atoms with van der Waals surface area (Å²) < 4.78 is 0. The average molecular weight is 401 g/mol. The molecule has 0 fully saturated rings. The first-order chi connectivity index (χ1) is 12.6. The van der Waals surface area contributed by atoms with Gasteiger partial charge in [0, 0.05) is 35.4 Å². The van der Waals surface area contributed by atoms with Gasteiger partial charge in [0.05, 0.1) is 6.04 Å². The molecule has 3 heterocycles. The van der Waals surface area contributed by atoms with Gasteiger partial charge in [0.2, 0.25) is 5.95 Å². The monoisotopic (exact) mass is 400 g/mol. The SMILES string of the molecule is Cc1nc(N2CCc3ccsc3C2C)nc(N(C)c2ccccc2)c1C.Cl. The molecule has 27 heavy (non-hydrogen) atoms. The maximum absolute atomic E-state index is 4.99. The maximum Gasteiger partial charge on any atom is 0.228 e. The molecular weight excluding hydrogens is 376 g/mol. The first-order valence-electron chi connectivity index (χ1n) is 9.03. The summed E-state index contributed by atoms with van der Waals surface area (Å²) in [5.74, 6) is 1.81. The van der Waals surface area contributed by atoms with E-state index in [2.05, 4.69) is 73.3 Å². The van der Waals surface area contributed by atoms with Crippen LogP contribution in [0.3, 0.4) is 0 Å². The predicted molar refractivity (Wildman–Crippen MR) is 117 cm³/mol. The average Bonchev–Trinajstić information content (AvgIpc) is 3.14. The van der Waals surface area contributed by atoms with E-state index in [0.29, 0.717) is 6.04 Å². The largest absolute Gasteiger partial charge is 0.333 e. The van der Waals surface area contributed by atoms with Crippen LogP contribution in [0.15, 0.2) is 41.8 Å². The van der Waals surface area contributed by atoms with Crippen LogP contribution in [0.25, 0.3) is 0 Å². The lowest BCUT2D eigenvalue weighted by atomic mass is 10.0. The van der Waals surface area contributed by atoms with Crippen LogP contribution in [0, 0.1) is 13.8 Å². The van der Waals surface area contributed by atoms with Crippen LogP contribution in [0.2, 0.25) is 0 Å². The van der Waals surface area contributed by atoms with Crippen LogP contribution in [-0.2, 0) is 6.42 Å². The van der Waals surface area contributed by atoms with E-state index in [1.165, 1.54) is 10.4 Å². The fourth-order valence-electron chi connectivity index (χ4n) is 3.60. The molecule has 0 N–H and O–H groups in total. The molecule has 142 valence electrons. The molecular formula is C21H25ClN4S. The van der Waals surface area contributed by atoms with Gasteiger partial charge < -0.3 is 9.80 Å². The Balaban J connectivity index is 0.00000210. The molecule has 6 heteroatoms. The molecule has 2 aromatic heterocycles. The number of benzene rings is 1. The Hall–Kier alpha value is -2.11. The Bertz CT molecular complexity index is 925. The molecule has 1 aromatic carbocycles. The number of aryl methyl sites for hydroxylation is 1. The molecule has 4 nitrogen and oxygen atoms in total. The van der Waals surface area contributed by atoms with Gasteiger partial charge in [-0.1, -0.05) is 18.2 Å². The summed E-state index contributed by atoms with van der Waals surface area (Å²) >= 11 is 1.84. The molecule has 4 rings (SSSR count). The standard InChI is InChI=1S/C21H24N4S.ClH/c1-14-15(2)22-21(23-20(14)24(4)18-8-6-5-7-9-18)25-12-10-17-11-13-26-19(17)16(25)3;/h5-9,11,13,16H,10,12H2,1-4H3;1H. The summed E-state index contributed by atoms with van der Waals surface area (Å²) in [5, 5.41) is 2.19. The number of hydrogen-bond donors (Lipinski definition) is 0. The Morgan fingerprint density at radius 2 is 1.85 bits per heavy atom. The van der Waals surface area contributed by atoms with Crippen molar-refractivity contribution in [2.45, 2.75) is 33.2 Å². The van der Waals surface area contributed by atoms with Gasteiger partial charge in [-0.15, -0.1) is 23.7 Å². The highest BCUT2D eigenvalue weighted by Gasteiger charge is 2.28. The van der Waals surface area contributed by atoms with E-state index in [9.17, 15) is 0 Å². The zero-order chi connectivity index (χ0) is 18.3. The minimum absolute atomic E-state index is 0. The molecule has 0 saturated carbocycles. The number of halogens is 1. The van der Waals surface area contributed by atoms with Gasteiger partial charge in [-0.2, -0.15) is 4.98 Å². The van der Waals surface area contributed by atoms with Gasteiger partial charge in [0.1, 0.15) is 5.82 Å². The zero-order valence-corrected chi connectivity index (χ0v) is 17.8. The summed E-state index contributed by atoms with van der Waals surface area (Å²) in [7, 11) is 2.07. The first-order valence-corrected chi connectivity index (χ1v) is 9.91. The Morgan fingerprint density at radius 1 is 1.11 bits per heavy atom. The lowest BCUT2D eigenvalue weighted by Gasteiger charge is -2.34. The Kier molecular flexibility index (Phi) is 5.72. The van der Waals surface area contributed by atoms with Gasteiger partial charge >= 0.3 is 0 Å². The summed E-state index contributed by atoms with van der Waals surface area (Å²) in [6, 6.07) is 12.9. The number of anilines is 3. The van der Waals surface area contributed by atoms with Crippen LogP contribution >= 0.6 is 23.7 Å². The van der Waals surface area contributed by atoms with Crippen molar-refractivity contribution in [3.8, 4) is 0 Å². The van der Waals surface area contributed by atoms with Crippen molar-refractivity contribution in [1.82, 2.24) is 9.97 Å². The van der Waals surface area contributed by atoms with Crippen molar-refractivity contribution in [2.75, 3.05) is 23.4 Å². The fraction of sp³-hybridized carbons (Fsp3) is 0.333. The van der Waals surface area contributed by atoms with Crippen molar-refractivity contribution in [1.29, 1.82) is 0 Å². The summed E-state index contributed by atoms with van der Waals surface area (Å²) in [6.07, 6.45) is 1.06. The lowest BCUT2D eigenvalue weighted by Crippen LogP contribution is -2.35. The number of rotatable bonds is 3. The second-order valence-electron chi connectivity index (χ2n) is 6.88. The third-order valence-electron chi connectivity index (χ3n) is 5.32. The van der Waals surface area contributed by atoms with Crippen LogP contribution in [0.4, 0.5) is 17.5 Å². The van der Waals surface area contributed by atoms with Crippen molar-refractivity contribution < 1.29 is 0 Å². The number of aromatic nitrogens is 2. The molecule has 0 saturated heterocycles. The summed E-state index contributed by atoms with van der Waals surface area (Å²) in [6.45, 7) is 7.40. The zero-order valence-electron chi connectivity index (χ0n) is 16.1. The summed E-state index contributed by atoms with van der Waals surface area (Å²) in [4.78, 5) is 15.8. The second kappa shape index (κ2) is 7.87. The first kappa shape index (κ1) is 19.6. The molecule has 0 bridgehead atoms. The quantitative estimate of drug-likeness (QED) is 0.583. The minimum Gasteiger partial charge on any atom is -0.333 e. The molecule has 0 aliphatic carbocycles. The molecule has 0 amide bonds. The minimum atomic E-state index is 0. The van der Waals surface area contributed by atoms with E-state index in [0.717, 1.165) is 41.7 Å². The van der Waals surface area contributed by atoms with E-state index in [-0.39, 0.29) is 12.4 Å². The van der Waals surface area contributed by atoms with Crippen molar-refractivity contribution >= 4 is 41.2 Å². The molecule has 1 aliphatic rings. The van der Waals surface area contributed by atoms with Gasteiger partial charge in [0.15, 0.2) is 0 Å². The van der Waals surface area contributed by atoms with Crippen LogP contribution in [0.1, 0.15) is 34.7 Å². The highest BCUT2D eigenvalue weighted by molar-refractivity contribution is 7.10. The molecule has 0 spiro atoms. The maximum atomic E-state index is 4.99. The van der Waals surface area contributed by atoms with Crippen molar-refractivity contribution in [3.05, 3.63) is 63.5 Å². The lowest BCUT2D eigenvalue weighted by molar-refractivity contribution is 0.618. The highest BCUT2D eigenvalue weighted by Crippen LogP contribution is 2.37. The molecule has 1 atom stereocenters. The van der Waals surface area contributed by atoms with Gasteiger partial charge in [-0.05, 0) is 56.3 Å². The van der Waals surface area contributed by atoms with Gasteiger partial charge in [-0.3, -0.25) is 0 Å². The molecule has 0 radical (unpaired) electrons. The number of fused-ring (bicyclic) bond motifs is 1. The third-order valence-corrected chi connectivity index (χ3v) is 6.45. The Labute approximate surface area is 171 Å². The number of thiophene rings is 1. The highest BCUT2D eigenvalue weighted by atomic mass is 35.5. The van der Waals surface area contributed by atoms with Crippen LogP contribution in [-0.4, -0.2) is 23.6 Å². The fourth-order valence-corrected chi connectivity index (χ4v) is 4.62. The van der Waals surface area contributed by atoms with Crippen molar-refractivity contribution in [3.63, 3.8) is 0 Å². The normalized spacial score (nSPS) is 15.9. The van der Waals surface area contributed by atoms with Crippen LogP contribution in [0.5, 0.6) is 0 Å². The third kappa shape index (κ3) is 3.54. The van der Waals surface area contributed by atoms with E-state index in [1.54, 1.807) is 0 Å². The number of hydrogen-bond acceptors (Lipinski definition) is 5. The van der Waals surface area contributed by atoms with E-state index in [1.807, 2.05) is 17.4 Å².